The van der Waals surface area contributed by atoms with Crippen molar-refractivity contribution in [1.82, 2.24) is 29.4 Å². The summed E-state index contributed by atoms with van der Waals surface area (Å²) < 4.78 is 9.61. The van der Waals surface area contributed by atoms with Gasteiger partial charge in [0, 0.05) is 24.5 Å². The molecule has 1 aliphatic heterocycles. The van der Waals surface area contributed by atoms with Crippen LogP contribution in [0.25, 0.3) is 16.6 Å². The quantitative estimate of drug-likeness (QED) is 0.446. The number of ether oxygens (including phenoxy) is 1. The molecule has 0 radical (unpaired) electrons. The average Bonchev–Trinajstić information content (AvgIpc) is 3.47. The van der Waals surface area contributed by atoms with E-state index in [0.29, 0.717) is 16.7 Å². The second-order valence-corrected chi connectivity index (χ2v) is 8.99. The van der Waals surface area contributed by atoms with Crippen LogP contribution in [0, 0.1) is 6.92 Å². The van der Waals surface area contributed by atoms with Crippen LogP contribution >= 0.6 is 23.4 Å². The van der Waals surface area contributed by atoms with E-state index < -0.39 is 0 Å². The van der Waals surface area contributed by atoms with Gasteiger partial charge in [0.1, 0.15) is 10.0 Å². The first kappa shape index (κ1) is 18.4. The van der Waals surface area contributed by atoms with Gasteiger partial charge in [-0.2, -0.15) is 5.10 Å². The smallest absolute Gasteiger partial charge is 0.228 e. The van der Waals surface area contributed by atoms with Crippen molar-refractivity contribution in [2.45, 2.75) is 36.0 Å². The predicted molar refractivity (Wildman–Crippen MR) is 116 cm³/mol. The van der Waals surface area contributed by atoms with E-state index in [1.54, 1.807) is 11.8 Å². The summed E-state index contributed by atoms with van der Waals surface area (Å²) in [7, 11) is 0. The summed E-state index contributed by atoms with van der Waals surface area (Å²) in [6, 6.07) is 8.58. The molecule has 8 nitrogen and oxygen atoms in total. The third-order valence-corrected chi connectivity index (χ3v) is 6.98. The third-order valence-electron chi connectivity index (χ3n) is 5.58. The second kappa shape index (κ2) is 7.11. The minimum absolute atomic E-state index is 0.455. The molecule has 2 aliphatic rings. The zero-order valence-corrected chi connectivity index (χ0v) is 18.0. The fraction of sp³-hybridized carbons (Fsp3) is 0.400. The Bertz CT molecular complexity index is 1260. The molecule has 6 rings (SSSR count). The molecule has 4 heterocycles. The molecule has 0 unspecified atom stereocenters. The number of hydrogen-bond acceptors (Lipinski definition) is 7. The summed E-state index contributed by atoms with van der Waals surface area (Å²) >= 11 is 8.06. The first-order valence-corrected chi connectivity index (χ1v) is 11.3. The lowest BCUT2D eigenvalue weighted by Gasteiger charge is -2.27. The van der Waals surface area contributed by atoms with E-state index in [1.165, 1.54) is 0 Å². The molecule has 10 heteroatoms. The Morgan fingerprint density at radius 2 is 1.93 bits per heavy atom. The second-order valence-electron chi connectivity index (χ2n) is 7.65. The van der Waals surface area contributed by atoms with Crippen LogP contribution in [0.3, 0.4) is 0 Å². The highest BCUT2D eigenvalue weighted by molar-refractivity contribution is 7.99. The summed E-state index contributed by atoms with van der Waals surface area (Å²) in [5, 5.41) is 17.0. The third kappa shape index (κ3) is 2.95. The van der Waals surface area contributed by atoms with Crippen LogP contribution in [-0.2, 0) is 4.74 Å². The van der Waals surface area contributed by atoms with Gasteiger partial charge >= 0.3 is 0 Å². The van der Waals surface area contributed by atoms with Crippen molar-refractivity contribution >= 4 is 45.9 Å². The molecule has 3 aromatic heterocycles. The van der Waals surface area contributed by atoms with Crippen LogP contribution in [0.15, 0.2) is 34.4 Å². The van der Waals surface area contributed by atoms with E-state index >= 15 is 0 Å². The van der Waals surface area contributed by atoms with Crippen LogP contribution in [0.2, 0.25) is 5.02 Å². The highest BCUT2D eigenvalue weighted by Crippen LogP contribution is 2.43. The number of para-hydroxylation sites is 1. The number of morpholine rings is 1. The molecule has 1 aliphatic carbocycles. The summed E-state index contributed by atoms with van der Waals surface area (Å²) in [5.41, 5.74) is 2.42. The monoisotopic (exact) mass is 441 g/mol. The maximum atomic E-state index is 6.51. The average molecular weight is 442 g/mol. The molecule has 4 aromatic rings. The van der Waals surface area contributed by atoms with Gasteiger partial charge in [0.25, 0.3) is 0 Å². The topological polar surface area (TPSA) is 73.4 Å². The fourth-order valence-corrected chi connectivity index (χ4v) is 5.05. The number of nitrogens with zero attached hydrogens (tertiary/aromatic N) is 7. The minimum Gasteiger partial charge on any atom is -0.378 e. The lowest BCUT2D eigenvalue weighted by molar-refractivity contribution is 0.121. The minimum atomic E-state index is 0.455. The van der Waals surface area contributed by atoms with Crippen molar-refractivity contribution in [1.29, 1.82) is 0 Å². The lowest BCUT2D eigenvalue weighted by Crippen LogP contribution is -2.38. The van der Waals surface area contributed by atoms with Crippen LogP contribution in [0.1, 0.15) is 24.6 Å². The maximum absolute atomic E-state index is 6.51. The standard InChI is InChI=1S/C20H20ClN7OS/c1-12-16(21)17-22-18(14-4-2-3-5-15(14)28(17)25-12)30-20-24-23-19(27(20)13-6-7-13)26-8-10-29-11-9-26/h2-5,13H,6-11H2,1H3. The first-order valence-electron chi connectivity index (χ1n) is 10.1. The van der Waals surface area contributed by atoms with Gasteiger partial charge in [-0.1, -0.05) is 29.8 Å². The van der Waals surface area contributed by atoms with Gasteiger partial charge in [0.15, 0.2) is 10.8 Å². The Balaban J connectivity index is 1.48. The van der Waals surface area contributed by atoms with E-state index in [2.05, 4.69) is 30.8 Å². The molecule has 1 saturated heterocycles. The molecule has 0 spiro atoms. The van der Waals surface area contributed by atoms with E-state index in [-0.39, 0.29) is 0 Å². The molecule has 0 atom stereocenters. The highest BCUT2D eigenvalue weighted by atomic mass is 35.5. The highest BCUT2D eigenvalue weighted by Gasteiger charge is 2.32. The van der Waals surface area contributed by atoms with Crippen LogP contribution in [0.5, 0.6) is 0 Å². The Kier molecular flexibility index (Phi) is 4.36. The van der Waals surface area contributed by atoms with E-state index in [9.17, 15) is 0 Å². The molecule has 1 aromatic carbocycles. The Morgan fingerprint density at radius 1 is 1.13 bits per heavy atom. The normalized spacial score (nSPS) is 17.3. The first-order chi connectivity index (χ1) is 14.7. The molecule has 0 amide bonds. The molecule has 30 heavy (non-hydrogen) atoms. The molecule has 154 valence electrons. The molecule has 2 fully saturated rings. The van der Waals surface area contributed by atoms with E-state index in [0.717, 1.165) is 71.9 Å². The summed E-state index contributed by atoms with van der Waals surface area (Å²) in [6.07, 6.45) is 2.31. The summed E-state index contributed by atoms with van der Waals surface area (Å²) in [5.74, 6) is 0.937. The van der Waals surface area contributed by atoms with Gasteiger partial charge in [0.2, 0.25) is 5.95 Å². The summed E-state index contributed by atoms with van der Waals surface area (Å²) in [4.78, 5) is 7.15. The fourth-order valence-electron chi connectivity index (χ4n) is 3.89. The Hall–Kier alpha value is -2.36. The van der Waals surface area contributed by atoms with Gasteiger partial charge in [-0.15, -0.1) is 10.2 Å². The molecule has 1 saturated carbocycles. The van der Waals surface area contributed by atoms with Gasteiger partial charge < -0.3 is 9.64 Å². The van der Waals surface area contributed by atoms with E-state index in [4.69, 9.17) is 21.3 Å². The number of fused-ring (bicyclic) bond motifs is 3. The van der Waals surface area contributed by atoms with Crippen molar-refractivity contribution in [2.75, 3.05) is 31.2 Å². The molecular weight excluding hydrogens is 422 g/mol. The van der Waals surface area contributed by atoms with Crippen LogP contribution in [0.4, 0.5) is 5.95 Å². The number of anilines is 1. The van der Waals surface area contributed by atoms with Crippen molar-refractivity contribution < 1.29 is 4.74 Å². The number of rotatable bonds is 4. The largest absolute Gasteiger partial charge is 0.378 e. The zero-order chi connectivity index (χ0) is 20.2. The van der Waals surface area contributed by atoms with Crippen molar-refractivity contribution in [3.05, 3.63) is 35.0 Å². The van der Waals surface area contributed by atoms with Crippen molar-refractivity contribution in [3.63, 3.8) is 0 Å². The lowest BCUT2D eigenvalue weighted by atomic mass is 10.2. The van der Waals surface area contributed by atoms with Crippen LogP contribution in [-0.4, -0.2) is 55.7 Å². The number of benzene rings is 1. The van der Waals surface area contributed by atoms with Gasteiger partial charge in [0.05, 0.1) is 24.4 Å². The van der Waals surface area contributed by atoms with Gasteiger partial charge in [-0.3, -0.25) is 4.57 Å². The zero-order valence-electron chi connectivity index (χ0n) is 16.5. The number of aromatic nitrogens is 6. The van der Waals surface area contributed by atoms with E-state index in [1.807, 2.05) is 29.6 Å². The van der Waals surface area contributed by atoms with Crippen molar-refractivity contribution in [3.8, 4) is 0 Å². The van der Waals surface area contributed by atoms with Crippen molar-refractivity contribution in [2.24, 2.45) is 0 Å². The number of hydrogen-bond donors (Lipinski definition) is 0. The molecule has 0 bridgehead atoms. The Labute approximate surface area is 182 Å². The molecular formula is C20H20ClN7OS. The summed E-state index contributed by atoms with van der Waals surface area (Å²) in [6.45, 7) is 5.03. The van der Waals surface area contributed by atoms with Gasteiger partial charge in [-0.25, -0.2) is 9.50 Å². The van der Waals surface area contributed by atoms with Crippen LogP contribution < -0.4 is 4.90 Å². The SMILES string of the molecule is Cc1nn2c(nc(Sc3nnc(N4CCOCC4)n3C3CC3)c3ccccc32)c1Cl. The predicted octanol–water partition coefficient (Wildman–Crippen LogP) is 3.76. The Morgan fingerprint density at radius 3 is 2.73 bits per heavy atom. The number of halogens is 1. The maximum Gasteiger partial charge on any atom is 0.228 e. The van der Waals surface area contributed by atoms with Gasteiger partial charge in [-0.05, 0) is 37.6 Å². The number of aryl methyl sites for hydroxylation is 1. The molecule has 0 N–H and O–H groups in total.